The second-order valence-electron chi connectivity index (χ2n) is 3.62. The van der Waals surface area contributed by atoms with Gasteiger partial charge in [0.1, 0.15) is 0 Å². The number of urea groups is 1. The minimum absolute atomic E-state index is 0.131. The molecule has 0 aliphatic heterocycles. The zero-order chi connectivity index (χ0) is 13.4. The van der Waals surface area contributed by atoms with E-state index in [1.165, 1.54) is 0 Å². The fourth-order valence-corrected chi connectivity index (χ4v) is 1.59. The molecule has 0 aliphatic rings. The van der Waals surface area contributed by atoms with Crippen LogP contribution >= 0.6 is 23.2 Å². The van der Waals surface area contributed by atoms with Crippen LogP contribution in [0, 0.1) is 0 Å². The molecule has 1 aromatic rings. The molecule has 0 heterocycles. The Morgan fingerprint density at radius 3 is 2.44 bits per heavy atom. The summed E-state index contributed by atoms with van der Waals surface area (Å²) >= 11 is 11.1. The third kappa shape index (κ3) is 5.89. The van der Waals surface area contributed by atoms with Gasteiger partial charge in [0, 0.05) is 23.9 Å². The van der Waals surface area contributed by atoms with Gasteiger partial charge in [-0.3, -0.25) is 10.1 Å². The summed E-state index contributed by atoms with van der Waals surface area (Å²) in [5.74, 6) is -0.182. The Morgan fingerprint density at radius 2 is 1.83 bits per heavy atom. The van der Waals surface area contributed by atoms with Gasteiger partial charge in [0.05, 0.1) is 0 Å². The smallest absolute Gasteiger partial charge is 0.321 e. The summed E-state index contributed by atoms with van der Waals surface area (Å²) in [5.41, 5.74) is 1.06. The molecule has 98 valence electrons. The van der Waals surface area contributed by atoms with Gasteiger partial charge in [-0.05, 0) is 24.1 Å². The topological polar surface area (TPSA) is 58.2 Å². The molecule has 6 heteroatoms. The molecule has 0 atom stereocenters. The lowest BCUT2D eigenvalue weighted by molar-refractivity contribution is -0.119. The van der Waals surface area contributed by atoms with E-state index in [1.54, 1.807) is 12.1 Å². The Balaban J connectivity index is 2.23. The number of alkyl halides is 1. The molecule has 0 aliphatic carbocycles. The first kappa shape index (κ1) is 14.8. The van der Waals surface area contributed by atoms with E-state index in [9.17, 15) is 9.59 Å². The van der Waals surface area contributed by atoms with E-state index < -0.39 is 6.03 Å². The monoisotopic (exact) mass is 288 g/mol. The van der Waals surface area contributed by atoms with E-state index in [4.69, 9.17) is 23.2 Å². The third-order valence-electron chi connectivity index (χ3n) is 2.19. The summed E-state index contributed by atoms with van der Waals surface area (Å²) in [6, 6.07) is 6.86. The van der Waals surface area contributed by atoms with E-state index in [-0.39, 0.29) is 18.2 Å². The van der Waals surface area contributed by atoms with Gasteiger partial charge in [-0.15, -0.1) is 11.6 Å². The van der Waals surface area contributed by atoms with E-state index in [2.05, 4.69) is 10.6 Å². The summed E-state index contributed by atoms with van der Waals surface area (Å²) in [4.78, 5) is 22.3. The van der Waals surface area contributed by atoms with Crippen molar-refractivity contribution in [3.63, 3.8) is 0 Å². The summed E-state index contributed by atoms with van der Waals surface area (Å²) in [7, 11) is 0. The lowest BCUT2D eigenvalue weighted by Crippen LogP contribution is -2.40. The SMILES string of the molecule is O=C(CCCl)NC(=O)NCCc1ccc(Cl)cc1. The van der Waals surface area contributed by atoms with Crippen LogP contribution in [0.1, 0.15) is 12.0 Å². The molecule has 3 amide bonds. The number of carbonyl (C=O) groups is 2. The number of hydrogen-bond acceptors (Lipinski definition) is 2. The van der Waals surface area contributed by atoms with Crippen molar-refractivity contribution in [1.29, 1.82) is 0 Å². The average molecular weight is 289 g/mol. The van der Waals surface area contributed by atoms with E-state index in [0.29, 0.717) is 18.0 Å². The quantitative estimate of drug-likeness (QED) is 0.817. The van der Waals surface area contributed by atoms with Crippen LogP contribution in [0.2, 0.25) is 5.02 Å². The molecule has 18 heavy (non-hydrogen) atoms. The number of benzene rings is 1. The molecule has 0 unspecified atom stereocenters. The minimum Gasteiger partial charge on any atom is -0.337 e. The zero-order valence-electron chi connectivity index (χ0n) is 9.71. The first-order valence-electron chi connectivity index (χ1n) is 5.50. The van der Waals surface area contributed by atoms with Gasteiger partial charge >= 0.3 is 6.03 Å². The van der Waals surface area contributed by atoms with Crippen LogP contribution in [0.15, 0.2) is 24.3 Å². The number of rotatable bonds is 5. The van der Waals surface area contributed by atoms with Crippen molar-refractivity contribution < 1.29 is 9.59 Å². The lowest BCUT2D eigenvalue weighted by atomic mass is 10.1. The summed E-state index contributed by atoms with van der Waals surface area (Å²) in [6.45, 7) is 0.446. The highest BCUT2D eigenvalue weighted by Crippen LogP contribution is 2.09. The molecule has 1 rings (SSSR count). The molecule has 0 saturated carbocycles. The molecular weight excluding hydrogens is 275 g/mol. The highest BCUT2D eigenvalue weighted by Gasteiger charge is 2.05. The van der Waals surface area contributed by atoms with Gasteiger partial charge in [0.15, 0.2) is 0 Å². The van der Waals surface area contributed by atoms with Crippen molar-refractivity contribution in [3.05, 3.63) is 34.9 Å². The van der Waals surface area contributed by atoms with Crippen molar-refractivity contribution in [2.45, 2.75) is 12.8 Å². The first-order valence-corrected chi connectivity index (χ1v) is 6.41. The number of amides is 3. The van der Waals surface area contributed by atoms with E-state index in [1.807, 2.05) is 12.1 Å². The Hall–Kier alpha value is -1.26. The largest absolute Gasteiger partial charge is 0.337 e. The van der Waals surface area contributed by atoms with E-state index in [0.717, 1.165) is 5.56 Å². The van der Waals surface area contributed by atoms with Crippen LogP contribution in [0.5, 0.6) is 0 Å². The fraction of sp³-hybridized carbons (Fsp3) is 0.333. The maximum absolute atomic E-state index is 11.3. The van der Waals surface area contributed by atoms with Crippen molar-refractivity contribution in [2.24, 2.45) is 0 Å². The molecule has 0 aromatic heterocycles. The molecule has 0 fully saturated rings. The average Bonchev–Trinajstić information content (AvgIpc) is 2.32. The van der Waals surface area contributed by atoms with Gasteiger partial charge in [0.2, 0.25) is 5.91 Å². The number of halogens is 2. The van der Waals surface area contributed by atoms with Gasteiger partial charge < -0.3 is 5.32 Å². The van der Waals surface area contributed by atoms with Crippen molar-refractivity contribution in [1.82, 2.24) is 10.6 Å². The van der Waals surface area contributed by atoms with E-state index >= 15 is 0 Å². The first-order chi connectivity index (χ1) is 8.61. The predicted octanol–water partition coefficient (Wildman–Crippen LogP) is 2.34. The van der Waals surface area contributed by atoms with Gasteiger partial charge in [-0.25, -0.2) is 4.79 Å². The highest BCUT2D eigenvalue weighted by atomic mass is 35.5. The molecule has 4 nitrogen and oxygen atoms in total. The number of carbonyl (C=O) groups excluding carboxylic acids is 2. The zero-order valence-corrected chi connectivity index (χ0v) is 11.2. The second-order valence-corrected chi connectivity index (χ2v) is 4.43. The molecule has 0 spiro atoms. The number of nitrogens with one attached hydrogen (secondary N) is 2. The maximum Gasteiger partial charge on any atom is 0.321 e. The molecule has 0 bridgehead atoms. The van der Waals surface area contributed by atoms with Crippen molar-refractivity contribution in [2.75, 3.05) is 12.4 Å². The maximum atomic E-state index is 11.3. The van der Waals surface area contributed by atoms with Crippen LogP contribution in [0.4, 0.5) is 4.79 Å². The standard InChI is InChI=1S/C12H14Cl2N2O2/c13-7-5-11(17)16-12(18)15-8-6-9-1-3-10(14)4-2-9/h1-4H,5-8H2,(H2,15,16,17,18). The normalized spacial score (nSPS) is 9.89. The number of imide groups is 1. The Kier molecular flexibility index (Phi) is 6.54. The second kappa shape index (κ2) is 7.95. The Bertz CT molecular complexity index is 407. The van der Waals surface area contributed by atoms with Crippen LogP contribution in [0.3, 0.4) is 0 Å². The van der Waals surface area contributed by atoms with Crippen LogP contribution < -0.4 is 10.6 Å². The molecule has 2 N–H and O–H groups in total. The van der Waals surface area contributed by atoms with Crippen LogP contribution in [0.25, 0.3) is 0 Å². The Labute approximate surface area is 116 Å². The predicted molar refractivity (Wildman–Crippen MR) is 72.0 cm³/mol. The summed E-state index contributed by atoms with van der Waals surface area (Å²) in [5, 5.41) is 5.45. The third-order valence-corrected chi connectivity index (χ3v) is 2.63. The molecule has 0 saturated heterocycles. The molecule has 1 aromatic carbocycles. The Morgan fingerprint density at radius 1 is 1.17 bits per heavy atom. The highest BCUT2D eigenvalue weighted by molar-refractivity contribution is 6.30. The van der Waals surface area contributed by atoms with Gasteiger partial charge in [0.25, 0.3) is 0 Å². The van der Waals surface area contributed by atoms with Crippen molar-refractivity contribution in [3.8, 4) is 0 Å². The van der Waals surface area contributed by atoms with Crippen molar-refractivity contribution >= 4 is 35.1 Å². The summed E-state index contributed by atoms with van der Waals surface area (Å²) in [6.07, 6.45) is 0.806. The van der Waals surface area contributed by atoms with Gasteiger partial charge in [-0.2, -0.15) is 0 Å². The lowest BCUT2D eigenvalue weighted by Gasteiger charge is -2.06. The van der Waals surface area contributed by atoms with Crippen LogP contribution in [-0.4, -0.2) is 24.4 Å². The number of hydrogen-bond donors (Lipinski definition) is 2. The molecular formula is C12H14Cl2N2O2. The summed E-state index contributed by atoms with van der Waals surface area (Å²) < 4.78 is 0. The van der Waals surface area contributed by atoms with Crippen LogP contribution in [-0.2, 0) is 11.2 Å². The molecule has 0 radical (unpaired) electrons. The minimum atomic E-state index is -0.501. The fourth-order valence-electron chi connectivity index (χ4n) is 1.29. The van der Waals surface area contributed by atoms with Gasteiger partial charge in [-0.1, -0.05) is 23.7 Å².